The molecule has 0 amide bonds. The Kier molecular flexibility index (Phi) is 4.07. The zero-order valence-electron chi connectivity index (χ0n) is 4.15. The molecule has 0 aromatic rings. The summed E-state index contributed by atoms with van der Waals surface area (Å²) in [7, 11) is 0. The van der Waals surface area contributed by atoms with Crippen LogP contribution in [0, 0.1) is 0 Å². The molecule has 0 aliphatic rings. The second-order valence-corrected chi connectivity index (χ2v) is 6.43. The number of halogens is 5. The monoisotopic (exact) mass is 264 g/mol. The van der Waals surface area contributed by atoms with Gasteiger partial charge in [0.15, 0.2) is 11.1 Å². The van der Waals surface area contributed by atoms with E-state index < -0.39 is 18.5 Å². The fourth-order valence-electron chi connectivity index (χ4n) is 0.0990. The minimum atomic E-state index is -2.61. The van der Waals surface area contributed by atoms with Gasteiger partial charge in [0.1, 0.15) is 0 Å². The van der Waals surface area contributed by atoms with Gasteiger partial charge in [-0.05, 0) is 0 Å². The molecule has 8 heteroatoms. The molecule has 2 nitrogen and oxygen atoms in total. The van der Waals surface area contributed by atoms with Gasteiger partial charge in [-0.1, -0.05) is 58.0 Å². The molecule has 0 fully saturated rings. The van der Waals surface area contributed by atoms with Gasteiger partial charge in [0.2, 0.25) is 3.79 Å². The van der Waals surface area contributed by atoms with Gasteiger partial charge in [0.25, 0.3) is 3.67 Å². The summed E-state index contributed by atoms with van der Waals surface area (Å²) in [4.78, 5) is 0. The normalized spacial score (nSPS) is 17.0. The number of rotatable bonds is 1. The molecule has 1 N–H and O–H groups in total. The average Bonchev–Trinajstić information content (AvgIpc) is 1.62. The Balaban J connectivity index is 4.57. The van der Waals surface area contributed by atoms with Crippen LogP contribution in [0.15, 0.2) is 0 Å². The van der Waals surface area contributed by atoms with Crippen molar-refractivity contribution in [2.75, 3.05) is 0 Å². The van der Waals surface area contributed by atoms with E-state index in [0.29, 0.717) is 0 Å². The summed E-state index contributed by atoms with van der Waals surface area (Å²) < 4.78 is 14.2. The lowest BCUT2D eigenvalue weighted by Crippen LogP contribution is -2.35. The smallest absolute Gasteiger partial charge is 0.263 e. The fraction of sp³-hybridized carbons (Fsp3) is 1.00. The van der Waals surface area contributed by atoms with Gasteiger partial charge in [-0.2, -0.15) is 0 Å². The topological polar surface area (TPSA) is 37.3 Å². The second-order valence-electron chi connectivity index (χ2n) is 1.26. The molecule has 0 heterocycles. The van der Waals surface area contributed by atoms with E-state index in [-0.39, 0.29) is 0 Å². The first kappa shape index (κ1) is 11.6. The van der Waals surface area contributed by atoms with Crippen LogP contribution < -0.4 is 0 Å². The molecule has 0 saturated carbocycles. The first-order valence-electron chi connectivity index (χ1n) is 1.75. The first-order valence-corrected chi connectivity index (χ1v) is 4.74. The van der Waals surface area contributed by atoms with Gasteiger partial charge in [-0.15, -0.1) is 0 Å². The minimum Gasteiger partial charge on any atom is -0.304 e. The van der Waals surface area contributed by atoms with Gasteiger partial charge < -0.3 is 4.55 Å². The molecule has 0 aromatic carbocycles. The maximum Gasteiger partial charge on any atom is 0.263 e. The van der Waals surface area contributed by atoms with Crippen molar-refractivity contribution in [2.45, 2.75) is 7.46 Å². The van der Waals surface area contributed by atoms with Gasteiger partial charge in [-0.25, -0.2) is 4.21 Å². The predicted molar refractivity (Wildman–Crippen MR) is 45.5 cm³/mol. The zero-order chi connectivity index (χ0) is 8.58. The zero-order valence-corrected chi connectivity index (χ0v) is 8.75. The Labute approximate surface area is 85.0 Å². The van der Waals surface area contributed by atoms with E-state index in [1.807, 2.05) is 0 Å². The summed E-state index contributed by atoms with van der Waals surface area (Å²) in [6.07, 6.45) is 0. The third-order valence-electron chi connectivity index (χ3n) is 0.549. The predicted octanol–water partition coefficient (Wildman–Crippen LogP) is 2.71. The van der Waals surface area contributed by atoms with Gasteiger partial charge in [0.05, 0.1) is 0 Å². The van der Waals surface area contributed by atoms with E-state index in [0.717, 1.165) is 0 Å². The summed E-state index contributed by atoms with van der Waals surface area (Å²) in [5.41, 5.74) is 0. The molecule has 0 aliphatic heterocycles. The van der Waals surface area contributed by atoms with Crippen molar-refractivity contribution < 1.29 is 8.76 Å². The summed E-state index contributed by atoms with van der Waals surface area (Å²) in [5, 5.41) is 0. The van der Waals surface area contributed by atoms with Crippen LogP contribution in [0.5, 0.6) is 0 Å². The van der Waals surface area contributed by atoms with Crippen LogP contribution in [0.25, 0.3) is 0 Å². The van der Waals surface area contributed by atoms with E-state index in [1.54, 1.807) is 0 Å². The molecule has 1 atom stereocenters. The third-order valence-corrected chi connectivity index (χ3v) is 4.42. The second kappa shape index (κ2) is 3.52. The lowest BCUT2D eigenvalue weighted by molar-refractivity contribution is 0.556. The fourth-order valence-corrected chi connectivity index (χ4v) is 0.891. The highest BCUT2D eigenvalue weighted by molar-refractivity contribution is 7.84. The standard InChI is InChI=1S/C2HCl5O2S/c3-1(4,5)2(6,7)10(8)9/h(H,8,9). The molecular weight excluding hydrogens is 265 g/mol. The van der Waals surface area contributed by atoms with Crippen LogP contribution in [0.3, 0.4) is 0 Å². The molecule has 10 heavy (non-hydrogen) atoms. The Bertz CT molecular complexity index is 150. The van der Waals surface area contributed by atoms with E-state index >= 15 is 0 Å². The molecule has 0 spiro atoms. The average molecular weight is 266 g/mol. The molecule has 62 valence electrons. The van der Waals surface area contributed by atoms with Gasteiger partial charge in [0, 0.05) is 0 Å². The van der Waals surface area contributed by atoms with E-state index in [9.17, 15) is 4.21 Å². The highest BCUT2D eigenvalue weighted by Crippen LogP contribution is 2.47. The Hall–Kier alpha value is 1.56. The Morgan fingerprint density at radius 2 is 1.40 bits per heavy atom. The van der Waals surface area contributed by atoms with Gasteiger partial charge in [-0.3, -0.25) is 0 Å². The van der Waals surface area contributed by atoms with Crippen LogP contribution in [0.2, 0.25) is 0 Å². The van der Waals surface area contributed by atoms with Crippen molar-refractivity contribution in [1.82, 2.24) is 0 Å². The summed E-state index contributed by atoms with van der Waals surface area (Å²) in [6.45, 7) is 0. The number of hydrogen-bond donors (Lipinski definition) is 1. The Morgan fingerprint density at radius 3 is 1.40 bits per heavy atom. The largest absolute Gasteiger partial charge is 0.304 e. The minimum absolute atomic E-state index is 2.18. The summed E-state index contributed by atoms with van der Waals surface area (Å²) >= 11 is 23.1. The quantitative estimate of drug-likeness (QED) is 0.585. The van der Waals surface area contributed by atoms with E-state index in [4.69, 9.17) is 62.6 Å². The van der Waals surface area contributed by atoms with E-state index in [2.05, 4.69) is 0 Å². The van der Waals surface area contributed by atoms with Crippen molar-refractivity contribution in [3.05, 3.63) is 0 Å². The van der Waals surface area contributed by atoms with Crippen LogP contribution in [-0.2, 0) is 11.1 Å². The number of hydrogen-bond acceptors (Lipinski definition) is 1. The lowest BCUT2D eigenvalue weighted by atomic mass is 10.9. The molecule has 0 saturated heterocycles. The SMILES string of the molecule is O=S(O)C(Cl)(Cl)C(Cl)(Cl)Cl. The van der Waals surface area contributed by atoms with E-state index in [1.165, 1.54) is 0 Å². The molecular formula is C2HCl5O2S. The van der Waals surface area contributed by atoms with Crippen molar-refractivity contribution in [3.63, 3.8) is 0 Å². The highest BCUT2D eigenvalue weighted by Gasteiger charge is 2.51. The first-order chi connectivity index (χ1) is 4.19. The number of alkyl halides is 5. The maximum absolute atomic E-state index is 10.3. The van der Waals surface area contributed by atoms with Crippen molar-refractivity contribution in [1.29, 1.82) is 0 Å². The van der Waals surface area contributed by atoms with Crippen molar-refractivity contribution >= 4 is 69.1 Å². The molecule has 0 bridgehead atoms. The van der Waals surface area contributed by atoms with Crippen LogP contribution >= 0.6 is 58.0 Å². The molecule has 0 aromatic heterocycles. The highest BCUT2D eigenvalue weighted by atomic mass is 35.6. The third kappa shape index (κ3) is 2.55. The lowest BCUT2D eigenvalue weighted by Gasteiger charge is -2.22. The van der Waals surface area contributed by atoms with Crippen molar-refractivity contribution in [2.24, 2.45) is 0 Å². The maximum atomic E-state index is 10.3. The molecule has 0 aliphatic carbocycles. The molecule has 0 rings (SSSR count). The molecule has 0 radical (unpaired) electrons. The summed E-state index contributed by atoms with van der Waals surface area (Å²) in [6, 6.07) is 0. The van der Waals surface area contributed by atoms with Crippen molar-refractivity contribution in [3.8, 4) is 0 Å². The van der Waals surface area contributed by atoms with Crippen LogP contribution in [0.4, 0.5) is 0 Å². The summed E-state index contributed by atoms with van der Waals surface area (Å²) in [5.74, 6) is 0. The van der Waals surface area contributed by atoms with Crippen LogP contribution in [-0.4, -0.2) is 16.2 Å². The van der Waals surface area contributed by atoms with Crippen LogP contribution in [0.1, 0.15) is 0 Å². The molecule has 1 unspecified atom stereocenters. The van der Waals surface area contributed by atoms with Gasteiger partial charge >= 0.3 is 0 Å². The Morgan fingerprint density at radius 1 is 1.10 bits per heavy atom.